The third kappa shape index (κ3) is 3.83. The molecule has 0 atom stereocenters. The van der Waals surface area contributed by atoms with Crippen LogP contribution < -0.4 is 10.1 Å². The average Bonchev–Trinajstić information content (AvgIpc) is 2.47. The van der Waals surface area contributed by atoms with Gasteiger partial charge in [-0.2, -0.15) is 0 Å². The fraction of sp³-hybridized carbons (Fsp3) is 0.588. The van der Waals surface area contributed by atoms with Gasteiger partial charge in [0.15, 0.2) is 5.78 Å². The van der Waals surface area contributed by atoms with Gasteiger partial charge in [-0.1, -0.05) is 13.8 Å². The lowest BCUT2D eigenvalue weighted by molar-refractivity contribution is 0.0920. The lowest BCUT2D eigenvalue weighted by Gasteiger charge is -2.26. The number of Topliss-reactive ketones (excluding diaryl/α,β-unsaturated/α-hetero) is 1. The Hall–Kier alpha value is -1.39. The summed E-state index contributed by atoms with van der Waals surface area (Å²) in [6.07, 6.45) is 0. The van der Waals surface area contributed by atoms with Gasteiger partial charge in [0.1, 0.15) is 5.75 Å². The highest BCUT2D eigenvalue weighted by molar-refractivity contribution is 5.99. The smallest absolute Gasteiger partial charge is 0.177 e. The van der Waals surface area contributed by atoms with Crippen LogP contribution in [0.4, 0.5) is 0 Å². The van der Waals surface area contributed by atoms with Crippen molar-refractivity contribution < 1.29 is 9.53 Å². The summed E-state index contributed by atoms with van der Waals surface area (Å²) >= 11 is 0. The molecule has 1 aliphatic rings. The van der Waals surface area contributed by atoms with Crippen LogP contribution in [0, 0.1) is 6.92 Å². The van der Waals surface area contributed by atoms with Crippen LogP contribution in [0.15, 0.2) is 12.1 Å². The first-order valence-corrected chi connectivity index (χ1v) is 7.67. The molecule has 0 aliphatic carbocycles. The van der Waals surface area contributed by atoms with Crippen LogP contribution in [-0.4, -0.2) is 50.5 Å². The van der Waals surface area contributed by atoms with E-state index in [1.165, 1.54) is 0 Å². The van der Waals surface area contributed by atoms with Gasteiger partial charge >= 0.3 is 0 Å². The van der Waals surface area contributed by atoms with E-state index < -0.39 is 0 Å². The van der Waals surface area contributed by atoms with Crippen LogP contribution >= 0.6 is 0 Å². The molecule has 1 heterocycles. The predicted octanol–water partition coefficient (Wildman–Crippen LogP) is 2.21. The largest absolute Gasteiger partial charge is 0.496 e. The summed E-state index contributed by atoms with van der Waals surface area (Å²) in [5.74, 6) is 1.42. The number of carbonyl (C=O) groups excluding carboxylic acids is 1. The van der Waals surface area contributed by atoms with Crippen LogP contribution in [0.1, 0.15) is 41.3 Å². The Labute approximate surface area is 127 Å². The molecule has 116 valence electrons. The molecule has 4 nitrogen and oxygen atoms in total. The second-order valence-corrected chi connectivity index (χ2v) is 6.01. The number of hydrogen-bond acceptors (Lipinski definition) is 4. The van der Waals surface area contributed by atoms with Gasteiger partial charge in [-0.05, 0) is 36.1 Å². The van der Waals surface area contributed by atoms with E-state index in [0.717, 1.165) is 48.6 Å². The Bertz CT molecular complexity index is 506. The number of nitrogens with zero attached hydrogens (tertiary/aromatic N) is 1. The zero-order chi connectivity index (χ0) is 15.4. The summed E-state index contributed by atoms with van der Waals surface area (Å²) in [7, 11) is 1.68. The molecule has 21 heavy (non-hydrogen) atoms. The molecular weight excluding hydrogens is 264 g/mol. The van der Waals surface area contributed by atoms with Gasteiger partial charge in [0.2, 0.25) is 0 Å². The highest BCUT2D eigenvalue weighted by atomic mass is 16.5. The minimum absolute atomic E-state index is 0.207. The molecule has 0 amide bonds. The molecular formula is C17H26N2O2. The molecule has 1 fully saturated rings. The van der Waals surface area contributed by atoms with E-state index in [2.05, 4.69) is 24.1 Å². The van der Waals surface area contributed by atoms with Crippen LogP contribution in [0.2, 0.25) is 0 Å². The lowest BCUT2D eigenvalue weighted by atomic mass is 9.94. The SMILES string of the molecule is COc1cc(C)c(C(=O)CN2CCNCC2)cc1C(C)C. The molecule has 0 saturated carbocycles. The quantitative estimate of drug-likeness (QED) is 0.844. The monoisotopic (exact) mass is 290 g/mol. The van der Waals surface area contributed by atoms with Crippen LogP contribution in [0.5, 0.6) is 5.75 Å². The molecule has 0 spiro atoms. The third-order valence-corrected chi connectivity index (χ3v) is 4.08. The van der Waals surface area contributed by atoms with Crippen molar-refractivity contribution in [3.63, 3.8) is 0 Å². The van der Waals surface area contributed by atoms with E-state index in [4.69, 9.17) is 4.74 Å². The number of ether oxygens (including phenoxy) is 1. The molecule has 1 N–H and O–H groups in total. The predicted molar refractivity (Wildman–Crippen MR) is 85.5 cm³/mol. The van der Waals surface area contributed by atoms with Gasteiger partial charge in [-0.3, -0.25) is 9.69 Å². The molecule has 1 saturated heterocycles. The van der Waals surface area contributed by atoms with Crippen molar-refractivity contribution in [2.24, 2.45) is 0 Å². The summed E-state index contributed by atoms with van der Waals surface area (Å²) in [5.41, 5.74) is 2.93. The Morgan fingerprint density at radius 2 is 2.00 bits per heavy atom. The first-order valence-electron chi connectivity index (χ1n) is 7.67. The number of hydrogen-bond donors (Lipinski definition) is 1. The average molecular weight is 290 g/mol. The van der Waals surface area contributed by atoms with Crippen LogP contribution in [-0.2, 0) is 0 Å². The van der Waals surface area contributed by atoms with Gasteiger partial charge in [-0.25, -0.2) is 0 Å². The standard InChI is InChI=1S/C17H26N2O2/c1-12(2)14-10-15(13(3)9-17(14)21-4)16(20)11-19-7-5-18-6-8-19/h9-10,12,18H,5-8,11H2,1-4H3. The van der Waals surface area contributed by atoms with Gasteiger partial charge in [-0.15, -0.1) is 0 Å². The van der Waals surface area contributed by atoms with E-state index >= 15 is 0 Å². The van der Waals surface area contributed by atoms with Crippen LogP contribution in [0.25, 0.3) is 0 Å². The zero-order valence-corrected chi connectivity index (χ0v) is 13.5. The summed E-state index contributed by atoms with van der Waals surface area (Å²) in [6, 6.07) is 4.00. The Morgan fingerprint density at radius 3 is 2.57 bits per heavy atom. The number of ketones is 1. The topological polar surface area (TPSA) is 41.6 Å². The number of aryl methyl sites for hydroxylation is 1. The van der Waals surface area contributed by atoms with Crippen LogP contribution in [0.3, 0.4) is 0 Å². The summed E-state index contributed by atoms with van der Waals surface area (Å²) in [5, 5.41) is 3.31. The Balaban J connectivity index is 2.21. The van der Waals surface area contributed by atoms with Gasteiger partial charge in [0.05, 0.1) is 13.7 Å². The molecule has 1 aromatic rings. The number of methoxy groups -OCH3 is 1. The van der Waals surface area contributed by atoms with Crippen molar-refractivity contribution in [2.45, 2.75) is 26.7 Å². The lowest BCUT2D eigenvalue weighted by Crippen LogP contribution is -2.45. The number of benzene rings is 1. The maximum atomic E-state index is 12.6. The molecule has 4 heteroatoms. The van der Waals surface area contributed by atoms with E-state index in [1.807, 2.05) is 19.1 Å². The number of piperazine rings is 1. The third-order valence-electron chi connectivity index (χ3n) is 4.08. The second kappa shape index (κ2) is 7.05. The fourth-order valence-electron chi connectivity index (χ4n) is 2.78. The molecule has 0 radical (unpaired) electrons. The molecule has 1 aromatic carbocycles. The number of carbonyl (C=O) groups is 1. The molecule has 0 aromatic heterocycles. The highest BCUT2D eigenvalue weighted by Crippen LogP contribution is 2.29. The first-order chi connectivity index (χ1) is 10.0. The van der Waals surface area contributed by atoms with Crippen molar-refractivity contribution >= 4 is 5.78 Å². The second-order valence-electron chi connectivity index (χ2n) is 6.01. The summed E-state index contributed by atoms with van der Waals surface area (Å²) < 4.78 is 5.44. The maximum Gasteiger partial charge on any atom is 0.177 e. The van der Waals surface area contributed by atoms with Crippen molar-refractivity contribution in [1.29, 1.82) is 0 Å². The van der Waals surface area contributed by atoms with Gasteiger partial charge < -0.3 is 10.1 Å². The van der Waals surface area contributed by atoms with E-state index in [0.29, 0.717) is 12.5 Å². The fourth-order valence-corrected chi connectivity index (χ4v) is 2.78. The highest BCUT2D eigenvalue weighted by Gasteiger charge is 2.19. The minimum Gasteiger partial charge on any atom is -0.496 e. The Morgan fingerprint density at radius 1 is 1.33 bits per heavy atom. The zero-order valence-electron chi connectivity index (χ0n) is 13.5. The van der Waals surface area contributed by atoms with E-state index in [9.17, 15) is 4.79 Å². The van der Waals surface area contributed by atoms with Crippen molar-refractivity contribution in [3.05, 3.63) is 28.8 Å². The molecule has 0 unspecified atom stereocenters. The number of nitrogens with one attached hydrogen (secondary N) is 1. The molecule has 0 bridgehead atoms. The minimum atomic E-state index is 0.207. The molecule has 2 rings (SSSR count). The summed E-state index contributed by atoms with van der Waals surface area (Å²) in [4.78, 5) is 14.8. The van der Waals surface area contributed by atoms with Gasteiger partial charge in [0, 0.05) is 31.7 Å². The maximum absolute atomic E-state index is 12.6. The normalized spacial score (nSPS) is 16.2. The Kier molecular flexibility index (Phi) is 5.37. The van der Waals surface area contributed by atoms with Crippen molar-refractivity contribution in [3.8, 4) is 5.75 Å². The molecule has 1 aliphatic heterocycles. The van der Waals surface area contributed by atoms with E-state index in [-0.39, 0.29) is 5.78 Å². The summed E-state index contributed by atoms with van der Waals surface area (Å²) in [6.45, 7) is 10.5. The van der Waals surface area contributed by atoms with E-state index in [1.54, 1.807) is 7.11 Å². The van der Waals surface area contributed by atoms with Gasteiger partial charge in [0.25, 0.3) is 0 Å². The number of rotatable bonds is 5. The van der Waals surface area contributed by atoms with Crippen molar-refractivity contribution in [1.82, 2.24) is 10.2 Å². The van der Waals surface area contributed by atoms with Crippen molar-refractivity contribution in [2.75, 3.05) is 39.8 Å². The first kappa shape index (κ1) is 16.0.